The number of carbonyl (C=O) groups excluding carboxylic acids is 2. The second-order valence-electron chi connectivity index (χ2n) is 6.59. The van der Waals surface area contributed by atoms with Crippen LogP contribution in [-0.4, -0.2) is 32.0 Å². The number of halogens is 1. The smallest absolute Gasteiger partial charge is 0.253 e. The van der Waals surface area contributed by atoms with Crippen molar-refractivity contribution in [3.8, 4) is 0 Å². The minimum Gasteiger partial charge on any atom is -0.340 e. The van der Waals surface area contributed by atoms with Crippen LogP contribution >= 0.6 is 11.6 Å². The molecule has 0 heterocycles. The molecule has 2 aromatic rings. The predicted octanol–water partition coefficient (Wildman–Crippen LogP) is 3.53. The number of carbonyl (C=O) groups is 2. The third-order valence-corrected chi connectivity index (χ3v) is 6.30. The maximum Gasteiger partial charge on any atom is 0.253 e. The summed E-state index contributed by atoms with van der Waals surface area (Å²) in [7, 11) is -3.31. The number of amides is 2. The average Bonchev–Trinajstić information content (AvgIpc) is 2.66. The average molecular weight is 423 g/mol. The highest BCUT2D eigenvalue weighted by molar-refractivity contribution is 7.91. The molecule has 2 N–H and O–H groups in total. The first kappa shape index (κ1) is 21.9. The van der Waals surface area contributed by atoms with E-state index in [2.05, 4.69) is 10.6 Å². The fraction of sp³-hybridized carbons (Fsp3) is 0.300. The van der Waals surface area contributed by atoms with Gasteiger partial charge < -0.3 is 10.6 Å². The molecule has 2 aromatic carbocycles. The highest BCUT2D eigenvalue weighted by atomic mass is 35.5. The lowest BCUT2D eigenvalue weighted by Crippen LogP contribution is -2.47. The highest BCUT2D eigenvalue weighted by Crippen LogP contribution is 2.18. The number of hydrogen-bond acceptors (Lipinski definition) is 4. The van der Waals surface area contributed by atoms with Crippen LogP contribution in [0.25, 0.3) is 0 Å². The van der Waals surface area contributed by atoms with Crippen LogP contribution in [0.2, 0.25) is 5.02 Å². The van der Waals surface area contributed by atoms with Crippen LogP contribution in [0.5, 0.6) is 0 Å². The van der Waals surface area contributed by atoms with E-state index in [1.54, 1.807) is 31.2 Å². The quantitative estimate of drug-likeness (QED) is 0.713. The number of nitrogens with one attached hydrogen (secondary N) is 2. The summed E-state index contributed by atoms with van der Waals surface area (Å²) < 4.78 is 23.7. The van der Waals surface area contributed by atoms with Crippen molar-refractivity contribution >= 4 is 38.9 Å². The van der Waals surface area contributed by atoms with E-state index in [1.807, 2.05) is 13.8 Å². The lowest BCUT2D eigenvalue weighted by molar-refractivity contribution is -0.118. The van der Waals surface area contributed by atoms with Gasteiger partial charge in [0.2, 0.25) is 5.91 Å². The Morgan fingerprint density at radius 2 is 1.64 bits per heavy atom. The van der Waals surface area contributed by atoms with Crippen molar-refractivity contribution in [2.24, 2.45) is 5.92 Å². The van der Waals surface area contributed by atoms with Crippen molar-refractivity contribution in [1.82, 2.24) is 5.32 Å². The van der Waals surface area contributed by atoms with E-state index >= 15 is 0 Å². The van der Waals surface area contributed by atoms with Crippen LogP contribution in [0.1, 0.15) is 31.1 Å². The molecule has 6 nitrogen and oxygen atoms in total. The van der Waals surface area contributed by atoms with E-state index < -0.39 is 27.7 Å². The van der Waals surface area contributed by atoms with Gasteiger partial charge in [0.1, 0.15) is 6.04 Å². The van der Waals surface area contributed by atoms with E-state index in [-0.39, 0.29) is 22.1 Å². The van der Waals surface area contributed by atoms with Crippen LogP contribution in [0.4, 0.5) is 5.69 Å². The summed E-state index contributed by atoms with van der Waals surface area (Å²) in [6, 6.07) is 11.7. The summed E-state index contributed by atoms with van der Waals surface area (Å²) in [5, 5.41) is 5.72. The molecule has 0 spiro atoms. The summed E-state index contributed by atoms with van der Waals surface area (Å²) in [5.41, 5.74) is 0.731. The number of anilines is 1. The normalized spacial score (nSPS) is 12.5. The van der Waals surface area contributed by atoms with Crippen LogP contribution in [0.3, 0.4) is 0 Å². The van der Waals surface area contributed by atoms with Gasteiger partial charge in [0, 0.05) is 5.69 Å². The van der Waals surface area contributed by atoms with Crippen LogP contribution in [0, 0.1) is 5.92 Å². The van der Waals surface area contributed by atoms with Crippen LogP contribution < -0.4 is 10.6 Å². The first-order valence-electron chi connectivity index (χ1n) is 8.84. The van der Waals surface area contributed by atoms with E-state index in [0.29, 0.717) is 10.7 Å². The van der Waals surface area contributed by atoms with Gasteiger partial charge >= 0.3 is 0 Å². The van der Waals surface area contributed by atoms with Gasteiger partial charge in [-0.05, 0) is 42.3 Å². The topological polar surface area (TPSA) is 92.3 Å². The SMILES string of the molecule is CCS(=O)(=O)c1ccc(NC(=O)[C@H](NC(=O)c2ccccc2Cl)C(C)C)cc1. The van der Waals surface area contributed by atoms with Crippen molar-refractivity contribution in [2.75, 3.05) is 11.1 Å². The first-order valence-corrected chi connectivity index (χ1v) is 10.9. The van der Waals surface area contributed by atoms with E-state index in [1.165, 1.54) is 24.3 Å². The minimum atomic E-state index is -3.31. The zero-order valence-corrected chi connectivity index (χ0v) is 17.5. The van der Waals surface area contributed by atoms with Crippen LogP contribution in [0.15, 0.2) is 53.4 Å². The Labute approximate surface area is 170 Å². The molecule has 2 rings (SSSR count). The second kappa shape index (κ2) is 9.21. The minimum absolute atomic E-state index is 0.00219. The molecule has 0 radical (unpaired) electrons. The van der Waals surface area contributed by atoms with E-state index in [4.69, 9.17) is 11.6 Å². The fourth-order valence-electron chi connectivity index (χ4n) is 2.53. The van der Waals surface area contributed by atoms with Crippen molar-refractivity contribution in [3.63, 3.8) is 0 Å². The number of hydrogen-bond donors (Lipinski definition) is 2. The Morgan fingerprint density at radius 3 is 2.18 bits per heavy atom. The molecule has 0 aromatic heterocycles. The van der Waals surface area contributed by atoms with Gasteiger partial charge in [-0.1, -0.05) is 44.5 Å². The molecule has 0 aliphatic carbocycles. The van der Waals surface area contributed by atoms with Gasteiger partial charge in [-0.2, -0.15) is 0 Å². The molecule has 1 atom stereocenters. The molecule has 0 unspecified atom stereocenters. The molecule has 0 aliphatic rings. The molecule has 28 heavy (non-hydrogen) atoms. The molecule has 0 aliphatic heterocycles. The molecule has 0 saturated carbocycles. The lowest BCUT2D eigenvalue weighted by Gasteiger charge is -2.22. The number of benzene rings is 2. The lowest BCUT2D eigenvalue weighted by atomic mass is 10.0. The molecule has 0 saturated heterocycles. The molecule has 0 bridgehead atoms. The Kier molecular flexibility index (Phi) is 7.21. The zero-order chi connectivity index (χ0) is 20.9. The maximum absolute atomic E-state index is 12.7. The third-order valence-electron chi connectivity index (χ3n) is 4.22. The Balaban J connectivity index is 2.13. The molecular weight excluding hydrogens is 400 g/mol. The van der Waals surface area contributed by atoms with Gasteiger partial charge in [0.25, 0.3) is 5.91 Å². The molecule has 8 heteroatoms. The number of rotatable bonds is 7. The summed E-state index contributed by atoms with van der Waals surface area (Å²) in [6.07, 6.45) is 0. The molecular formula is C20H23ClN2O4S. The van der Waals surface area contributed by atoms with Gasteiger partial charge in [0.15, 0.2) is 9.84 Å². The van der Waals surface area contributed by atoms with E-state index in [9.17, 15) is 18.0 Å². The standard InChI is InChI=1S/C20H23ClN2O4S/c1-4-28(26,27)15-11-9-14(10-12-15)22-20(25)18(13(2)3)23-19(24)16-7-5-6-8-17(16)21/h5-13,18H,4H2,1-3H3,(H,22,25)(H,23,24)/t18-/m1/s1. The second-order valence-corrected chi connectivity index (χ2v) is 9.28. The van der Waals surface area contributed by atoms with Gasteiger partial charge in [-0.25, -0.2) is 8.42 Å². The Hall–Kier alpha value is -2.38. The largest absolute Gasteiger partial charge is 0.340 e. The summed E-state index contributed by atoms with van der Waals surface area (Å²) in [4.78, 5) is 25.3. The molecule has 150 valence electrons. The molecule has 2 amide bonds. The van der Waals surface area contributed by atoms with Crippen molar-refractivity contribution in [2.45, 2.75) is 31.7 Å². The molecule has 0 fully saturated rings. The highest BCUT2D eigenvalue weighted by Gasteiger charge is 2.25. The van der Waals surface area contributed by atoms with Crippen molar-refractivity contribution in [3.05, 3.63) is 59.1 Å². The van der Waals surface area contributed by atoms with Crippen molar-refractivity contribution < 1.29 is 18.0 Å². The fourth-order valence-corrected chi connectivity index (χ4v) is 3.64. The summed E-state index contributed by atoms with van der Waals surface area (Å²) in [5.74, 6) is -1.01. The first-order chi connectivity index (χ1) is 13.2. The van der Waals surface area contributed by atoms with Crippen LogP contribution in [-0.2, 0) is 14.6 Å². The number of sulfone groups is 1. The Bertz CT molecular complexity index is 956. The monoisotopic (exact) mass is 422 g/mol. The van der Waals surface area contributed by atoms with E-state index in [0.717, 1.165) is 0 Å². The Morgan fingerprint density at radius 1 is 1.04 bits per heavy atom. The maximum atomic E-state index is 12.7. The van der Waals surface area contributed by atoms with Crippen molar-refractivity contribution in [1.29, 1.82) is 0 Å². The third kappa shape index (κ3) is 5.33. The van der Waals surface area contributed by atoms with Gasteiger partial charge in [0.05, 0.1) is 21.2 Å². The summed E-state index contributed by atoms with van der Waals surface area (Å²) >= 11 is 6.04. The van der Waals surface area contributed by atoms with Gasteiger partial charge in [-0.3, -0.25) is 9.59 Å². The predicted molar refractivity (Wildman–Crippen MR) is 110 cm³/mol. The summed E-state index contributed by atoms with van der Waals surface area (Å²) in [6.45, 7) is 5.20. The van der Waals surface area contributed by atoms with Gasteiger partial charge in [-0.15, -0.1) is 0 Å². The zero-order valence-electron chi connectivity index (χ0n) is 15.9.